The van der Waals surface area contributed by atoms with E-state index in [1.54, 1.807) is 0 Å². The predicted molar refractivity (Wildman–Crippen MR) is 64.0 cm³/mol. The number of hydrogen-bond donors (Lipinski definition) is 0. The second-order valence-corrected chi connectivity index (χ2v) is 4.14. The summed E-state index contributed by atoms with van der Waals surface area (Å²) in [6.07, 6.45) is 2.12. The quantitative estimate of drug-likeness (QED) is 0.647. The van der Waals surface area contributed by atoms with Gasteiger partial charge in [-0.05, 0) is 47.2 Å². The first-order valence-electron chi connectivity index (χ1n) is 5.50. The number of nitriles is 1. The lowest BCUT2D eigenvalue weighted by molar-refractivity contribution is 0.941. The fraction of sp³-hybridized carbons (Fsp3) is 0.133. The van der Waals surface area contributed by atoms with Crippen molar-refractivity contribution in [2.24, 2.45) is 0 Å². The average Bonchev–Trinajstić information content (AvgIpc) is 2.38. The first-order valence-corrected chi connectivity index (χ1v) is 5.50. The summed E-state index contributed by atoms with van der Waals surface area (Å²) in [6.45, 7) is 0. The molecule has 16 heavy (non-hydrogen) atoms. The van der Waals surface area contributed by atoms with E-state index in [-0.39, 0.29) is 0 Å². The van der Waals surface area contributed by atoms with Gasteiger partial charge in [0, 0.05) is 0 Å². The highest BCUT2D eigenvalue weighted by atomic mass is 14.2. The highest BCUT2D eigenvalue weighted by Crippen LogP contribution is 2.33. The summed E-state index contributed by atoms with van der Waals surface area (Å²) < 4.78 is 0. The van der Waals surface area contributed by atoms with Crippen LogP contribution in [0.15, 0.2) is 42.5 Å². The topological polar surface area (TPSA) is 23.8 Å². The summed E-state index contributed by atoms with van der Waals surface area (Å²) in [4.78, 5) is 0. The van der Waals surface area contributed by atoms with Crippen LogP contribution < -0.4 is 0 Å². The molecule has 0 heterocycles. The maximum absolute atomic E-state index is 8.88. The first-order chi connectivity index (χ1) is 7.88. The molecule has 0 radical (unpaired) electrons. The van der Waals surface area contributed by atoms with E-state index in [0.717, 1.165) is 18.4 Å². The molecule has 0 spiro atoms. The molecule has 1 aliphatic carbocycles. The molecule has 0 atom stereocenters. The molecule has 76 valence electrons. The Kier molecular flexibility index (Phi) is 2.01. The molecule has 3 rings (SSSR count). The van der Waals surface area contributed by atoms with Crippen LogP contribution in [0.5, 0.6) is 0 Å². The van der Waals surface area contributed by atoms with Gasteiger partial charge in [0.25, 0.3) is 0 Å². The van der Waals surface area contributed by atoms with Crippen LogP contribution in [0.1, 0.15) is 16.7 Å². The second kappa shape index (κ2) is 3.50. The Bertz CT molecular complexity index is 591. The smallest absolute Gasteiger partial charge is 0.0991 e. The summed E-state index contributed by atoms with van der Waals surface area (Å²) in [6, 6.07) is 16.7. The molecule has 0 bridgehead atoms. The molecule has 1 aliphatic rings. The van der Waals surface area contributed by atoms with Crippen molar-refractivity contribution < 1.29 is 0 Å². The van der Waals surface area contributed by atoms with Gasteiger partial charge in [0.15, 0.2) is 0 Å². The van der Waals surface area contributed by atoms with E-state index in [9.17, 15) is 0 Å². The Morgan fingerprint density at radius 1 is 0.875 bits per heavy atom. The Morgan fingerprint density at radius 3 is 2.50 bits per heavy atom. The maximum atomic E-state index is 8.88. The summed E-state index contributed by atoms with van der Waals surface area (Å²) in [5.41, 5.74) is 6.10. The van der Waals surface area contributed by atoms with E-state index in [2.05, 4.69) is 36.4 Å². The molecule has 0 amide bonds. The van der Waals surface area contributed by atoms with Crippen molar-refractivity contribution in [2.75, 3.05) is 0 Å². The highest BCUT2D eigenvalue weighted by molar-refractivity contribution is 5.73. The van der Waals surface area contributed by atoms with Crippen molar-refractivity contribution >= 4 is 0 Å². The minimum Gasteiger partial charge on any atom is -0.192 e. The summed E-state index contributed by atoms with van der Waals surface area (Å²) >= 11 is 0. The van der Waals surface area contributed by atoms with Crippen molar-refractivity contribution in [3.8, 4) is 17.2 Å². The Labute approximate surface area is 95.0 Å². The molecule has 2 aromatic rings. The standard InChI is InChI=1S/C15H11N/c16-10-11-5-8-15-13(9-11)7-6-12-3-1-2-4-14(12)15/h1-5,8-9H,6-7H2. The lowest BCUT2D eigenvalue weighted by Crippen LogP contribution is -2.03. The van der Waals surface area contributed by atoms with E-state index < -0.39 is 0 Å². The van der Waals surface area contributed by atoms with E-state index >= 15 is 0 Å². The minimum atomic E-state index is 0.762. The predicted octanol–water partition coefficient (Wildman–Crippen LogP) is 3.32. The van der Waals surface area contributed by atoms with Gasteiger partial charge in [-0.15, -0.1) is 0 Å². The van der Waals surface area contributed by atoms with E-state index in [0.29, 0.717) is 0 Å². The minimum absolute atomic E-state index is 0.762. The van der Waals surface area contributed by atoms with Crippen LogP contribution >= 0.6 is 0 Å². The van der Waals surface area contributed by atoms with Crippen LogP contribution in [0.4, 0.5) is 0 Å². The molecule has 0 aromatic heterocycles. The van der Waals surface area contributed by atoms with Crippen LogP contribution in [0.3, 0.4) is 0 Å². The molecule has 0 aliphatic heterocycles. The van der Waals surface area contributed by atoms with Crippen LogP contribution in [-0.2, 0) is 12.8 Å². The van der Waals surface area contributed by atoms with Gasteiger partial charge in [0.1, 0.15) is 0 Å². The molecule has 0 fully saturated rings. The van der Waals surface area contributed by atoms with Gasteiger partial charge in [0.05, 0.1) is 11.6 Å². The summed E-state index contributed by atoms with van der Waals surface area (Å²) in [5, 5.41) is 8.88. The zero-order valence-corrected chi connectivity index (χ0v) is 8.90. The molecule has 2 aromatic carbocycles. The van der Waals surface area contributed by atoms with E-state index in [1.807, 2.05) is 12.1 Å². The lowest BCUT2D eigenvalue weighted by atomic mass is 9.85. The summed E-state index contributed by atoms with van der Waals surface area (Å²) in [7, 11) is 0. The Hall–Kier alpha value is -2.07. The van der Waals surface area contributed by atoms with Crippen LogP contribution in [0.2, 0.25) is 0 Å². The molecule has 0 saturated heterocycles. The van der Waals surface area contributed by atoms with Crippen molar-refractivity contribution in [1.82, 2.24) is 0 Å². The average molecular weight is 205 g/mol. The van der Waals surface area contributed by atoms with E-state index in [1.165, 1.54) is 22.3 Å². The van der Waals surface area contributed by atoms with Gasteiger partial charge in [-0.3, -0.25) is 0 Å². The molecule has 0 unspecified atom stereocenters. The van der Waals surface area contributed by atoms with Gasteiger partial charge < -0.3 is 0 Å². The maximum Gasteiger partial charge on any atom is 0.0991 e. The first kappa shape index (κ1) is 9.18. The van der Waals surface area contributed by atoms with E-state index in [4.69, 9.17) is 5.26 Å². The highest BCUT2D eigenvalue weighted by Gasteiger charge is 2.15. The van der Waals surface area contributed by atoms with Crippen molar-refractivity contribution in [3.63, 3.8) is 0 Å². The monoisotopic (exact) mass is 205 g/mol. The number of rotatable bonds is 0. The number of nitrogens with zero attached hydrogens (tertiary/aromatic N) is 1. The van der Waals surface area contributed by atoms with Crippen LogP contribution in [0.25, 0.3) is 11.1 Å². The normalized spacial score (nSPS) is 12.4. The van der Waals surface area contributed by atoms with Gasteiger partial charge in [-0.25, -0.2) is 0 Å². The van der Waals surface area contributed by atoms with Crippen molar-refractivity contribution in [3.05, 3.63) is 59.2 Å². The molecule has 0 saturated carbocycles. The third kappa shape index (κ3) is 1.31. The molecular formula is C15H11N. The number of benzene rings is 2. The fourth-order valence-corrected chi connectivity index (χ4v) is 2.40. The van der Waals surface area contributed by atoms with Gasteiger partial charge in [-0.1, -0.05) is 30.3 Å². The van der Waals surface area contributed by atoms with Gasteiger partial charge in [-0.2, -0.15) is 5.26 Å². The van der Waals surface area contributed by atoms with Crippen LogP contribution in [-0.4, -0.2) is 0 Å². The second-order valence-electron chi connectivity index (χ2n) is 4.14. The summed E-state index contributed by atoms with van der Waals surface area (Å²) in [5.74, 6) is 0. The Balaban J connectivity index is 2.23. The molecular weight excluding hydrogens is 194 g/mol. The zero-order chi connectivity index (χ0) is 11.0. The van der Waals surface area contributed by atoms with Gasteiger partial charge in [0.2, 0.25) is 0 Å². The third-order valence-electron chi connectivity index (χ3n) is 3.21. The SMILES string of the molecule is N#Cc1ccc2c(c1)CCc1ccccc1-2. The fourth-order valence-electron chi connectivity index (χ4n) is 2.40. The lowest BCUT2D eigenvalue weighted by Gasteiger charge is -2.19. The Morgan fingerprint density at radius 2 is 1.62 bits per heavy atom. The van der Waals surface area contributed by atoms with Gasteiger partial charge >= 0.3 is 0 Å². The number of hydrogen-bond acceptors (Lipinski definition) is 1. The largest absolute Gasteiger partial charge is 0.192 e. The van der Waals surface area contributed by atoms with Crippen molar-refractivity contribution in [2.45, 2.75) is 12.8 Å². The molecule has 0 N–H and O–H groups in total. The number of fused-ring (bicyclic) bond motifs is 3. The third-order valence-corrected chi connectivity index (χ3v) is 3.21. The van der Waals surface area contributed by atoms with Crippen LogP contribution in [0, 0.1) is 11.3 Å². The molecule has 1 nitrogen and oxygen atoms in total. The molecule has 1 heteroatoms. The van der Waals surface area contributed by atoms with Crippen molar-refractivity contribution in [1.29, 1.82) is 5.26 Å². The number of aryl methyl sites for hydroxylation is 2. The zero-order valence-electron chi connectivity index (χ0n) is 8.90.